The largest absolute Gasteiger partial charge is 2.00 e. The molecule has 8 aromatic carbocycles. The first-order chi connectivity index (χ1) is 33.5. The molecule has 5 heteroatoms. The fourth-order valence-corrected chi connectivity index (χ4v) is 11.7. The maximum Gasteiger partial charge on any atom is 2.00 e. The molecule has 0 atom stereocenters. The standard InChI is InChI=1S/C64H52N4.Pt/c1-5-17-45-57-49-29-37-21-9-11-23-39(37)31-51(49)59(65-57)46(18-6-2)61-53-33-41-25-13-15-27-43(41)35-55(53)63(67-61)48(20-8-4)64-56-36-44-28-16-14-26-42(44)34-54(56)62(68-64)47(19-7-3)60-52-32-40-24-12-10-22-38(40)30-50(52)58(45)66-60;/h9-16,21-36H,5-8,17-20H2,1-4H3;/q-2;+2. The van der Waals surface area contributed by atoms with Gasteiger partial charge < -0.3 is 9.97 Å². The van der Waals surface area contributed by atoms with Crippen LogP contribution >= 0.6 is 0 Å². The third kappa shape index (κ3) is 6.81. The Labute approximate surface area is 417 Å². The van der Waals surface area contributed by atoms with Crippen molar-refractivity contribution in [3.05, 3.63) is 168 Å². The Balaban J connectivity index is 0.00000492. The Kier molecular flexibility index (Phi) is 10.9. The predicted octanol–water partition coefficient (Wildman–Crippen LogP) is 17.0. The van der Waals surface area contributed by atoms with E-state index in [0.29, 0.717) is 0 Å². The zero-order valence-corrected chi connectivity index (χ0v) is 41.9. The molecule has 69 heavy (non-hydrogen) atoms. The summed E-state index contributed by atoms with van der Waals surface area (Å²) in [6, 6.07) is 54.3. The summed E-state index contributed by atoms with van der Waals surface area (Å²) >= 11 is 0. The van der Waals surface area contributed by atoms with Crippen LogP contribution in [-0.4, -0.2) is 9.97 Å². The van der Waals surface area contributed by atoms with Gasteiger partial charge in [-0.25, -0.2) is 9.97 Å². The van der Waals surface area contributed by atoms with Gasteiger partial charge in [0.25, 0.3) is 0 Å². The summed E-state index contributed by atoms with van der Waals surface area (Å²) < 4.78 is 0. The summed E-state index contributed by atoms with van der Waals surface area (Å²) in [5, 5.41) is 14.4. The van der Waals surface area contributed by atoms with E-state index < -0.39 is 0 Å². The van der Waals surface area contributed by atoms with Gasteiger partial charge in [0, 0.05) is 22.3 Å². The molecular weight excluding hydrogens is 1020 g/mol. The van der Waals surface area contributed by atoms with Crippen LogP contribution in [0.5, 0.6) is 0 Å². The molecule has 11 aromatic rings. The Morgan fingerprint density at radius 3 is 0.710 bits per heavy atom. The van der Waals surface area contributed by atoms with E-state index >= 15 is 0 Å². The molecule has 0 unspecified atom stereocenters. The molecule has 5 heterocycles. The van der Waals surface area contributed by atoms with E-state index in [4.69, 9.17) is 19.9 Å². The second-order valence-corrected chi connectivity index (χ2v) is 19.1. The number of hydrogen-bond acceptors (Lipinski definition) is 2. The molecule has 0 amide bonds. The van der Waals surface area contributed by atoms with Crippen LogP contribution in [0.25, 0.3) is 132 Å². The minimum atomic E-state index is 0. The molecule has 0 saturated carbocycles. The number of aromatic nitrogens is 4. The topological polar surface area (TPSA) is 54.0 Å². The van der Waals surface area contributed by atoms with E-state index in [1.54, 1.807) is 0 Å². The van der Waals surface area contributed by atoms with Gasteiger partial charge in [-0.05, 0) is 161 Å². The van der Waals surface area contributed by atoms with E-state index in [1.807, 2.05) is 0 Å². The molecule has 338 valence electrons. The zero-order chi connectivity index (χ0) is 45.6. The molecule has 0 fully saturated rings. The van der Waals surface area contributed by atoms with Crippen LogP contribution in [-0.2, 0) is 46.7 Å². The molecule has 2 aliphatic heterocycles. The predicted molar refractivity (Wildman–Crippen MR) is 289 cm³/mol. The summed E-state index contributed by atoms with van der Waals surface area (Å²) in [5.41, 5.74) is 17.8. The molecule has 0 saturated heterocycles. The van der Waals surface area contributed by atoms with E-state index in [2.05, 4.69) is 173 Å². The van der Waals surface area contributed by atoms with E-state index in [9.17, 15) is 0 Å². The van der Waals surface area contributed by atoms with Crippen LogP contribution in [0.15, 0.2) is 146 Å². The van der Waals surface area contributed by atoms with Crippen molar-refractivity contribution in [2.75, 3.05) is 0 Å². The number of nitrogens with zero attached hydrogens (tertiary/aromatic N) is 4. The van der Waals surface area contributed by atoms with Crippen LogP contribution in [0.2, 0.25) is 0 Å². The molecule has 0 spiro atoms. The summed E-state index contributed by atoms with van der Waals surface area (Å²) in [7, 11) is 0. The van der Waals surface area contributed by atoms with E-state index in [-0.39, 0.29) is 21.1 Å². The van der Waals surface area contributed by atoms with Crippen LogP contribution < -0.4 is 9.97 Å². The molecule has 8 bridgehead atoms. The van der Waals surface area contributed by atoms with E-state index in [1.165, 1.54) is 109 Å². The summed E-state index contributed by atoms with van der Waals surface area (Å²) in [5.74, 6) is 0. The second kappa shape index (κ2) is 17.3. The Morgan fingerprint density at radius 2 is 0.507 bits per heavy atom. The van der Waals surface area contributed by atoms with Crippen molar-refractivity contribution in [1.29, 1.82) is 0 Å². The molecule has 0 N–H and O–H groups in total. The van der Waals surface area contributed by atoms with Crippen molar-refractivity contribution >= 4 is 86.7 Å². The van der Waals surface area contributed by atoms with Gasteiger partial charge in [0.2, 0.25) is 0 Å². The minimum absolute atomic E-state index is 0. The molecule has 4 nitrogen and oxygen atoms in total. The van der Waals surface area contributed by atoms with Gasteiger partial charge in [-0.2, -0.15) is 0 Å². The zero-order valence-electron chi connectivity index (χ0n) is 39.6. The third-order valence-corrected chi connectivity index (χ3v) is 14.8. The fourth-order valence-electron chi connectivity index (χ4n) is 11.7. The number of aryl methyl sites for hydroxylation is 4. The van der Waals surface area contributed by atoms with Gasteiger partial charge in [-0.15, -0.1) is 22.1 Å². The average molecular weight is 1070 g/mol. The van der Waals surface area contributed by atoms with Gasteiger partial charge in [-0.3, -0.25) is 0 Å². The molecule has 3 aromatic heterocycles. The van der Waals surface area contributed by atoms with Gasteiger partial charge in [0.15, 0.2) is 0 Å². The Morgan fingerprint density at radius 1 is 0.304 bits per heavy atom. The quantitative estimate of drug-likeness (QED) is 0.152. The normalized spacial score (nSPS) is 12.1. The van der Waals surface area contributed by atoms with Gasteiger partial charge in [-0.1, -0.05) is 150 Å². The maximum atomic E-state index is 5.97. The van der Waals surface area contributed by atoms with Crippen molar-refractivity contribution in [2.24, 2.45) is 0 Å². The van der Waals surface area contributed by atoms with Gasteiger partial charge >= 0.3 is 21.1 Å². The summed E-state index contributed by atoms with van der Waals surface area (Å²) in [6.45, 7) is 9.17. The van der Waals surface area contributed by atoms with Crippen molar-refractivity contribution in [2.45, 2.75) is 79.1 Å². The fraction of sp³-hybridized carbons (Fsp3) is 0.188. The molecular formula is C64H52N4Pt. The number of hydrogen-bond donors (Lipinski definition) is 0. The average Bonchev–Trinajstić information content (AvgIpc) is 4.13. The molecule has 13 rings (SSSR count). The molecule has 0 aliphatic carbocycles. The smallest absolute Gasteiger partial charge is 0.656 e. The Bertz CT molecular complexity index is 3580. The van der Waals surface area contributed by atoms with Gasteiger partial charge in [0.05, 0.1) is 22.8 Å². The summed E-state index contributed by atoms with van der Waals surface area (Å²) in [6.07, 6.45) is 7.14. The summed E-state index contributed by atoms with van der Waals surface area (Å²) in [4.78, 5) is 23.9. The third-order valence-electron chi connectivity index (χ3n) is 14.8. The number of benzene rings is 8. The van der Waals surface area contributed by atoms with Crippen LogP contribution in [0.3, 0.4) is 0 Å². The van der Waals surface area contributed by atoms with Crippen molar-refractivity contribution in [3.8, 4) is 45.0 Å². The van der Waals surface area contributed by atoms with Gasteiger partial charge in [0.1, 0.15) is 0 Å². The first-order valence-corrected chi connectivity index (χ1v) is 25.0. The maximum absolute atomic E-state index is 5.97. The molecule has 0 radical (unpaired) electrons. The van der Waals surface area contributed by atoms with Crippen LogP contribution in [0, 0.1) is 0 Å². The van der Waals surface area contributed by atoms with E-state index in [0.717, 1.165) is 96.2 Å². The van der Waals surface area contributed by atoms with Crippen LogP contribution in [0.1, 0.15) is 75.6 Å². The number of rotatable bonds is 8. The first-order valence-electron chi connectivity index (χ1n) is 25.0. The Hall–Kier alpha value is -6.87. The first kappa shape index (κ1) is 43.4. The molecule has 2 aliphatic rings. The van der Waals surface area contributed by atoms with Crippen molar-refractivity contribution in [3.63, 3.8) is 0 Å². The minimum Gasteiger partial charge on any atom is -0.656 e. The van der Waals surface area contributed by atoms with Crippen molar-refractivity contribution < 1.29 is 21.1 Å². The monoisotopic (exact) mass is 1070 g/mol. The van der Waals surface area contributed by atoms with Crippen LogP contribution in [0.4, 0.5) is 0 Å². The van der Waals surface area contributed by atoms with Crippen molar-refractivity contribution in [1.82, 2.24) is 19.9 Å². The second-order valence-electron chi connectivity index (χ2n) is 19.1. The SMILES string of the molecule is CCCc1c2nc(c(CCC)c3[n-]c(c(CCC)c4nc(c(CCC)c5[n-]c1c1cc6ccccc6cc51)-c1cc5ccccc5cc1-4)c1cc4ccccc4cc31)-c1cc3ccccc3cc1-2.[Pt+2]. The number of fused-ring (bicyclic) bond motifs is 24.